The summed E-state index contributed by atoms with van der Waals surface area (Å²) in [6.45, 7) is -0.0831. The largest absolute Gasteiger partial charge is 0.478 e. The second-order valence-corrected chi connectivity index (χ2v) is 3.22. The van der Waals surface area contributed by atoms with Crippen LogP contribution < -0.4 is 16.4 Å². The molecule has 86 valence electrons. The number of aromatic carboxylic acids is 1. The van der Waals surface area contributed by atoms with Crippen molar-refractivity contribution < 1.29 is 14.7 Å². The standard InChI is InChI=1S/C9H12N4O3/c1-13(4-6(10)14)8-7(11)5(9(15)16)2-3-12-8/h2-3H,4,11H2,1H3,(H2,10,14)(H,15,16). The van der Waals surface area contributed by atoms with Gasteiger partial charge in [0.05, 0.1) is 17.8 Å². The monoisotopic (exact) mass is 224 g/mol. The smallest absolute Gasteiger partial charge is 0.337 e. The summed E-state index contributed by atoms with van der Waals surface area (Å²) in [4.78, 5) is 26.8. The molecule has 1 aromatic rings. The number of anilines is 2. The van der Waals surface area contributed by atoms with Crippen LogP contribution in [-0.2, 0) is 4.79 Å². The fourth-order valence-electron chi connectivity index (χ4n) is 1.26. The Morgan fingerprint density at radius 1 is 1.56 bits per heavy atom. The number of hydrogen-bond acceptors (Lipinski definition) is 5. The molecule has 7 nitrogen and oxygen atoms in total. The molecule has 0 bridgehead atoms. The maximum Gasteiger partial charge on any atom is 0.337 e. The van der Waals surface area contributed by atoms with Crippen LogP contribution in [0.15, 0.2) is 12.3 Å². The first-order chi connectivity index (χ1) is 7.43. The number of rotatable bonds is 4. The Morgan fingerprint density at radius 3 is 2.69 bits per heavy atom. The fraction of sp³-hybridized carbons (Fsp3) is 0.222. The molecule has 1 rings (SSSR count). The normalized spacial score (nSPS) is 9.81. The highest BCUT2D eigenvalue weighted by atomic mass is 16.4. The molecule has 0 unspecified atom stereocenters. The number of carbonyl (C=O) groups is 2. The van der Waals surface area contributed by atoms with Gasteiger partial charge in [-0.3, -0.25) is 4.79 Å². The quantitative estimate of drug-likeness (QED) is 0.620. The van der Waals surface area contributed by atoms with Crippen LogP contribution in [0, 0.1) is 0 Å². The summed E-state index contributed by atoms with van der Waals surface area (Å²) in [6, 6.07) is 1.29. The Balaban J connectivity index is 3.10. The van der Waals surface area contributed by atoms with Crippen molar-refractivity contribution in [3.63, 3.8) is 0 Å². The van der Waals surface area contributed by atoms with Gasteiger partial charge < -0.3 is 21.5 Å². The molecule has 0 spiro atoms. The van der Waals surface area contributed by atoms with Gasteiger partial charge in [0.2, 0.25) is 5.91 Å². The Morgan fingerprint density at radius 2 is 2.19 bits per heavy atom. The summed E-state index contributed by atoms with van der Waals surface area (Å²) in [5, 5.41) is 8.84. The van der Waals surface area contributed by atoms with E-state index in [0.29, 0.717) is 0 Å². The number of hydrogen-bond donors (Lipinski definition) is 3. The average molecular weight is 224 g/mol. The second-order valence-electron chi connectivity index (χ2n) is 3.22. The van der Waals surface area contributed by atoms with Crippen molar-refractivity contribution in [1.29, 1.82) is 0 Å². The van der Waals surface area contributed by atoms with E-state index in [1.165, 1.54) is 17.2 Å². The van der Waals surface area contributed by atoms with E-state index >= 15 is 0 Å². The molecule has 1 amide bonds. The van der Waals surface area contributed by atoms with E-state index in [9.17, 15) is 9.59 Å². The molecule has 0 saturated carbocycles. The van der Waals surface area contributed by atoms with Crippen molar-refractivity contribution >= 4 is 23.4 Å². The van der Waals surface area contributed by atoms with E-state index < -0.39 is 11.9 Å². The number of nitrogens with two attached hydrogens (primary N) is 2. The number of carboxylic acids is 1. The lowest BCUT2D eigenvalue weighted by Crippen LogP contribution is -2.31. The lowest BCUT2D eigenvalue weighted by molar-refractivity contribution is -0.116. The number of nitrogen functional groups attached to an aromatic ring is 1. The van der Waals surface area contributed by atoms with E-state index in [1.54, 1.807) is 7.05 Å². The van der Waals surface area contributed by atoms with Crippen LogP contribution in [0.25, 0.3) is 0 Å². The summed E-state index contributed by atoms with van der Waals surface area (Å²) in [5.41, 5.74) is 10.6. The molecule has 1 heterocycles. The Labute approximate surface area is 91.7 Å². The van der Waals surface area contributed by atoms with E-state index in [-0.39, 0.29) is 23.6 Å². The van der Waals surface area contributed by atoms with Gasteiger partial charge in [0.15, 0.2) is 5.82 Å². The topological polar surface area (TPSA) is 123 Å². The average Bonchev–Trinajstić information content (AvgIpc) is 2.16. The maximum atomic E-state index is 10.8. The van der Waals surface area contributed by atoms with E-state index in [4.69, 9.17) is 16.6 Å². The zero-order chi connectivity index (χ0) is 12.3. The highest BCUT2D eigenvalue weighted by Gasteiger charge is 2.15. The Bertz CT molecular complexity index is 433. The number of carbonyl (C=O) groups excluding carboxylic acids is 1. The first kappa shape index (κ1) is 11.8. The van der Waals surface area contributed by atoms with E-state index in [2.05, 4.69) is 4.98 Å². The van der Waals surface area contributed by atoms with Crippen molar-refractivity contribution in [2.75, 3.05) is 24.2 Å². The molecule has 0 radical (unpaired) electrons. The minimum absolute atomic E-state index is 0.0127. The summed E-state index contributed by atoms with van der Waals surface area (Å²) >= 11 is 0. The minimum atomic E-state index is -1.14. The number of likely N-dealkylation sites (N-methyl/N-ethyl adjacent to an activating group) is 1. The van der Waals surface area contributed by atoms with E-state index in [0.717, 1.165) is 0 Å². The molecule has 0 aliphatic rings. The molecule has 5 N–H and O–H groups in total. The third-order valence-electron chi connectivity index (χ3n) is 1.95. The molecule has 0 aliphatic carbocycles. The first-order valence-electron chi connectivity index (χ1n) is 4.40. The summed E-state index contributed by atoms with van der Waals surface area (Å²) in [5.74, 6) is -1.48. The molecule has 0 atom stereocenters. The van der Waals surface area contributed by atoms with Crippen LogP contribution in [0.1, 0.15) is 10.4 Å². The van der Waals surface area contributed by atoms with Gasteiger partial charge in [-0.15, -0.1) is 0 Å². The van der Waals surface area contributed by atoms with Crippen LogP contribution in [0.2, 0.25) is 0 Å². The fourth-order valence-corrected chi connectivity index (χ4v) is 1.26. The maximum absolute atomic E-state index is 10.8. The zero-order valence-electron chi connectivity index (χ0n) is 8.67. The minimum Gasteiger partial charge on any atom is -0.478 e. The Kier molecular flexibility index (Phi) is 3.29. The summed E-state index contributed by atoms with van der Waals surface area (Å²) < 4.78 is 0. The molecule has 0 fully saturated rings. The number of aromatic nitrogens is 1. The highest BCUT2D eigenvalue weighted by molar-refractivity contribution is 5.96. The number of nitrogens with zero attached hydrogens (tertiary/aromatic N) is 2. The molecular formula is C9H12N4O3. The van der Waals surface area contributed by atoms with Crippen LogP contribution in [-0.4, -0.2) is 35.6 Å². The summed E-state index contributed by atoms with van der Waals surface area (Å²) in [7, 11) is 1.55. The van der Waals surface area contributed by atoms with Gasteiger partial charge in [-0.1, -0.05) is 0 Å². The van der Waals surface area contributed by atoms with Gasteiger partial charge in [-0.25, -0.2) is 9.78 Å². The molecule has 0 aromatic carbocycles. The van der Waals surface area contributed by atoms with Crippen LogP contribution in [0.4, 0.5) is 11.5 Å². The third-order valence-corrected chi connectivity index (χ3v) is 1.95. The molecule has 16 heavy (non-hydrogen) atoms. The van der Waals surface area contributed by atoms with Gasteiger partial charge in [-0.2, -0.15) is 0 Å². The third kappa shape index (κ3) is 2.38. The second kappa shape index (κ2) is 4.47. The lowest BCUT2D eigenvalue weighted by atomic mass is 10.2. The Hall–Kier alpha value is -2.31. The molecule has 1 aromatic heterocycles. The van der Waals surface area contributed by atoms with Gasteiger partial charge >= 0.3 is 5.97 Å². The zero-order valence-corrected chi connectivity index (χ0v) is 8.67. The van der Waals surface area contributed by atoms with Crippen molar-refractivity contribution in [2.45, 2.75) is 0 Å². The van der Waals surface area contributed by atoms with Crippen molar-refractivity contribution in [3.05, 3.63) is 17.8 Å². The van der Waals surface area contributed by atoms with Gasteiger partial charge in [0, 0.05) is 13.2 Å². The van der Waals surface area contributed by atoms with Crippen LogP contribution >= 0.6 is 0 Å². The van der Waals surface area contributed by atoms with Crippen LogP contribution in [0.3, 0.4) is 0 Å². The van der Waals surface area contributed by atoms with Crippen LogP contribution in [0.5, 0.6) is 0 Å². The predicted molar refractivity (Wildman–Crippen MR) is 58.1 cm³/mol. The molecule has 0 saturated heterocycles. The predicted octanol–water partition coefficient (Wildman–Crippen LogP) is -0.716. The number of carboxylic acid groups (broad SMARTS) is 1. The highest BCUT2D eigenvalue weighted by Crippen LogP contribution is 2.22. The van der Waals surface area contributed by atoms with Crippen molar-refractivity contribution in [2.24, 2.45) is 5.73 Å². The number of primary amides is 1. The molecule has 0 aliphatic heterocycles. The van der Waals surface area contributed by atoms with Crippen molar-refractivity contribution in [3.8, 4) is 0 Å². The van der Waals surface area contributed by atoms with E-state index in [1.807, 2.05) is 0 Å². The summed E-state index contributed by atoms with van der Waals surface area (Å²) in [6.07, 6.45) is 1.31. The van der Waals surface area contributed by atoms with Gasteiger partial charge in [0.1, 0.15) is 0 Å². The van der Waals surface area contributed by atoms with Crippen molar-refractivity contribution in [1.82, 2.24) is 4.98 Å². The SMILES string of the molecule is CN(CC(N)=O)c1nccc(C(=O)O)c1N. The molecule has 7 heteroatoms. The number of pyridine rings is 1. The molecular weight excluding hydrogens is 212 g/mol. The van der Waals surface area contributed by atoms with Gasteiger partial charge in [-0.05, 0) is 6.07 Å². The number of amides is 1. The lowest BCUT2D eigenvalue weighted by Gasteiger charge is -2.18. The first-order valence-corrected chi connectivity index (χ1v) is 4.40. The van der Waals surface area contributed by atoms with Gasteiger partial charge in [0.25, 0.3) is 0 Å².